The zero-order valence-corrected chi connectivity index (χ0v) is 18.8. The lowest BCUT2D eigenvalue weighted by atomic mass is 9.80. The first-order valence-electron chi connectivity index (χ1n) is 11.1. The van der Waals surface area contributed by atoms with Gasteiger partial charge in [-0.1, -0.05) is 36.4 Å². The van der Waals surface area contributed by atoms with E-state index in [1.54, 1.807) is 24.3 Å². The topological polar surface area (TPSA) is 62.6 Å². The molecule has 166 valence electrons. The van der Waals surface area contributed by atoms with E-state index in [0.717, 1.165) is 17.7 Å². The van der Waals surface area contributed by atoms with Crippen LogP contribution in [0.4, 0.5) is 0 Å². The van der Waals surface area contributed by atoms with Gasteiger partial charge in [-0.3, -0.25) is 19.3 Å². The number of carbonyl (C=O) groups is 3. The number of imide groups is 1. The van der Waals surface area contributed by atoms with Crippen LogP contribution in [-0.2, 0) is 11.8 Å². The monoisotopic (exact) mass is 431 g/mol. The van der Waals surface area contributed by atoms with Crippen molar-refractivity contribution in [3.8, 4) is 0 Å². The van der Waals surface area contributed by atoms with Gasteiger partial charge in [0.2, 0.25) is 5.91 Å². The summed E-state index contributed by atoms with van der Waals surface area (Å²) >= 11 is 0. The molecule has 32 heavy (non-hydrogen) atoms. The van der Waals surface area contributed by atoms with E-state index >= 15 is 0 Å². The fourth-order valence-electron chi connectivity index (χ4n) is 4.71. The number of carbonyl (C=O) groups excluding carboxylic acids is 3. The standard InChI is InChI=1S/C9H7NO2.C9H9N.C8H13NO/c1-10-8(11)6-4-2-3-5-7(6)9(10)12;1-10-6-8-4-2-3-5-9(8)7-10;1-9-7-4-2-6(3-5-7)8(9)10/h2-5H,1H3;2-7H,1H3;6-7H,2-5H2,1H3. The maximum absolute atomic E-state index is 11.3. The van der Waals surface area contributed by atoms with Gasteiger partial charge in [0, 0.05) is 45.5 Å². The summed E-state index contributed by atoms with van der Waals surface area (Å²) in [5.41, 5.74) is 1.01. The number of rotatable bonds is 0. The van der Waals surface area contributed by atoms with E-state index in [-0.39, 0.29) is 11.8 Å². The van der Waals surface area contributed by atoms with Crippen LogP contribution in [0.2, 0.25) is 0 Å². The maximum atomic E-state index is 11.3. The quantitative estimate of drug-likeness (QED) is 0.503. The molecule has 3 amide bonds. The summed E-state index contributed by atoms with van der Waals surface area (Å²) < 4.78 is 2.07. The molecule has 3 fully saturated rings. The van der Waals surface area contributed by atoms with Crippen molar-refractivity contribution in [1.82, 2.24) is 14.4 Å². The molecule has 0 spiro atoms. The summed E-state index contributed by atoms with van der Waals surface area (Å²) in [4.78, 5) is 37.0. The molecule has 6 heteroatoms. The second kappa shape index (κ2) is 8.99. The Hall–Kier alpha value is -3.41. The second-order valence-corrected chi connectivity index (χ2v) is 8.72. The zero-order chi connectivity index (χ0) is 22.8. The van der Waals surface area contributed by atoms with Gasteiger partial charge in [-0.2, -0.15) is 0 Å². The molecular formula is C26H29N3O3. The van der Waals surface area contributed by atoms with E-state index in [1.807, 2.05) is 19.0 Å². The lowest BCUT2D eigenvalue weighted by Gasteiger charge is -2.42. The predicted molar refractivity (Wildman–Crippen MR) is 124 cm³/mol. The van der Waals surface area contributed by atoms with Crippen LogP contribution in [0.3, 0.4) is 0 Å². The summed E-state index contributed by atoms with van der Waals surface area (Å²) in [5, 5.41) is 2.62. The third-order valence-electron chi connectivity index (χ3n) is 6.62. The third kappa shape index (κ3) is 4.17. The van der Waals surface area contributed by atoms with Crippen molar-refractivity contribution < 1.29 is 14.4 Å². The number of aromatic nitrogens is 1. The first-order valence-corrected chi connectivity index (χ1v) is 11.1. The van der Waals surface area contributed by atoms with Crippen LogP contribution in [0.1, 0.15) is 46.4 Å². The Morgan fingerprint density at radius 1 is 0.688 bits per heavy atom. The number of fused-ring (bicyclic) bond motifs is 5. The van der Waals surface area contributed by atoms with Crippen LogP contribution in [0.25, 0.3) is 10.8 Å². The normalized spacial score (nSPS) is 21.2. The number of benzene rings is 2. The molecule has 3 aromatic rings. The Bertz CT molecular complexity index is 1090. The van der Waals surface area contributed by atoms with Crippen molar-refractivity contribution in [2.24, 2.45) is 13.0 Å². The molecule has 1 aromatic heterocycles. The van der Waals surface area contributed by atoms with Gasteiger partial charge in [-0.05, 0) is 48.6 Å². The van der Waals surface area contributed by atoms with Crippen LogP contribution in [0, 0.1) is 5.92 Å². The maximum Gasteiger partial charge on any atom is 0.261 e. The first kappa shape index (κ1) is 21.8. The highest BCUT2D eigenvalue weighted by molar-refractivity contribution is 6.21. The summed E-state index contributed by atoms with van der Waals surface area (Å²) in [6.45, 7) is 0. The molecule has 1 aliphatic carbocycles. The lowest BCUT2D eigenvalue weighted by molar-refractivity contribution is -0.144. The highest BCUT2D eigenvalue weighted by atomic mass is 16.2. The van der Waals surface area contributed by atoms with Crippen molar-refractivity contribution in [3.05, 3.63) is 72.1 Å². The van der Waals surface area contributed by atoms with E-state index in [0.29, 0.717) is 29.0 Å². The lowest BCUT2D eigenvalue weighted by Crippen LogP contribution is -2.49. The largest absolute Gasteiger partial charge is 0.356 e. The third-order valence-corrected chi connectivity index (χ3v) is 6.62. The molecule has 1 saturated carbocycles. The Balaban J connectivity index is 0.000000115. The van der Waals surface area contributed by atoms with Gasteiger partial charge in [0.1, 0.15) is 0 Å². The molecule has 2 bridgehead atoms. The fraction of sp³-hybridized carbons (Fsp3) is 0.346. The molecular weight excluding hydrogens is 402 g/mol. The van der Waals surface area contributed by atoms with Crippen molar-refractivity contribution in [1.29, 1.82) is 0 Å². The summed E-state index contributed by atoms with van der Waals surface area (Å²) in [6, 6.07) is 15.8. The molecule has 0 radical (unpaired) electrons. The van der Waals surface area contributed by atoms with Crippen LogP contribution >= 0.6 is 0 Å². The van der Waals surface area contributed by atoms with E-state index in [4.69, 9.17) is 0 Å². The Kier molecular flexibility index (Phi) is 6.12. The molecule has 0 atom stereocenters. The van der Waals surface area contributed by atoms with E-state index in [1.165, 1.54) is 30.7 Å². The minimum Gasteiger partial charge on any atom is -0.356 e. The van der Waals surface area contributed by atoms with E-state index in [2.05, 4.69) is 41.2 Å². The summed E-state index contributed by atoms with van der Waals surface area (Å²) in [5.74, 6) is 0.351. The van der Waals surface area contributed by atoms with Crippen LogP contribution in [0.5, 0.6) is 0 Å². The SMILES string of the molecule is CN1C(=O)C2CCC1CC2.CN1C(=O)c2ccccc2C1=O.Cn1cc2ccccc2c1. The average Bonchev–Trinajstić information content (AvgIpc) is 3.31. The molecule has 3 aliphatic heterocycles. The van der Waals surface area contributed by atoms with Gasteiger partial charge in [0.05, 0.1) is 11.1 Å². The van der Waals surface area contributed by atoms with Gasteiger partial charge in [0.15, 0.2) is 0 Å². The van der Waals surface area contributed by atoms with Gasteiger partial charge in [-0.25, -0.2) is 0 Å². The van der Waals surface area contributed by atoms with Crippen molar-refractivity contribution in [2.75, 3.05) is 14.1 Å². The molecule has 6 nitrogen and oxygen atoms in total. The predicted octanol–water partition coefficient (Wildman–Crippen LogP) is 4.11. The van der Waals surface area contributed by atoms with Gasteiger partial charge < -0.3 is 9.47 Å². The fourth-order valence-corrected chi connectivity index (χ4v) is 4.71. The molecule has 2 aromatic carbocycles. The van der Waals surface area contributed by atoms with Crippen LogP contribution < -0.4 is 0 Å². The summed E-state index contributed by atoms with van der Waals surface area (Å²) in [7, 11) is 5.48. The number of amides is 3. The Morgan fingerprint density at radius 3 is 1.56 bits per heavy atom. The van der Waals surface area contributed by atoms with Crippen molar-refractivity contribution in [3.63, 3.8) is 0 Å². The zero-order valence-electron chi connectivity index (χ0n) is 18.8. The van der Waals surface area contributed by atoms with Gasteiger partial charge in [-0.15, -0.1) is 0 Å². The molecule has 4 aliphatic rings. The van der Waals surface area contributed by atoms with Crippen molar-refractivity contribution >= 4 is 28.5 Å². The number of nitrogens with zero attached hydrogens (tertiary/aromatic N) is 3. The molecule has 4 heterocycles. The van der Waals surface area contributed by atoms with E-state index < -0.39 is 0 Å². The van der Waals surface area contributed by atoms with Gasteiger partial charge in [0.25, 0.3) is 11.8 Å². The smallest absolute Gasteiger partial charge is 0.261 e. The Morgan fingerprint density at radius 2 is 1.16 bits per heavy atom. The molecule has 2 saturated heterocycles. The van der Waals surface area contributed by atoms with Gasteiger partial charge >= 0.3 is 0 Å². The van der Waals surface area contributed by atoms with Crippen LogP contribution in [0.15, 0.2) is 60.9 Å². The second-order valence-electron chi connectivity index (χ2n) is 8.72. The Labute approximate surface area is 188 Å². The molecule has 7 rings (SSSR count). The number of hydrogen-bond donors (Lipinski definition) is 0. The average molecular weight is 432 g/mol. The number of piperidine rings is 2. The van der Waals surface area contributed by atoms with Crippen LogP contribution in [-0.4, -0.2) is 52.2 Å². The molecule has 0 unspecified atom stereocenters. The minimum atomic E-state index is -0.212. The highest BCUT2D eigenvalue weighted by Gasteiger charge is 2.37. The highest BCUT2D eigenvalue weighted by Crippen LogP contribution is 2.34. The van der Waals surface area contributed by atoms with E-state index in [9.17, 15) is 14.4 Å². The van der Waals surface area contributed by atoms with Crippen molar-refractivity contribution in [2.45, 2.75) is 31.7 Å². The molecule has 0 N–H and O–H groups in total. The number of hydrogen-bond acceptors (Lipinski definition) is 3. The number of aryl methyl sites for hydroxylation is 1. The summed E-state index contributed by atoms with van der Waals surface area (Å²) in [6.07, 6.45) is 9.02. The first-order chi connectivity index (χ1) is 15.4. The minimum absolute atomic E-state index is 0.212.